The second-order valence-electron chi connectivity index (χ2n) is 10.1. The zero-order chi connectivity index (χ0) is 32.8. The van der Waals surface area contributed by atoms with E-state index in [4.69, 9.17) is 4.42 Å². The van der Waals surface area contributed by atoms with Gasteiger partial charge in [-0.25, -0.2) is 14.6 Å². The molecule has 0 spiro atoms. The van der Waals surface area contributed by atoms with Gasteiger partial charge in [-0.05, 0) is 33.7 Å². The van der Waals surface area contributed by atoms with Crippen LogP contribution in [0.15, 0.2) is 49.1 Å². The van der Waals surface area contributed by atoms with Crippen molar-refractivity contribution in [3.63, 3.8) is 0 Å². The van der Waals surface area contributed by atoms with Crippen LogP contribution >= 0.6 is 0 Å². The molecule has 0 saturated carbocycles. The van der Waals surface area contributed by atoms with Crippen molar-refractivity contribution >= 4 is 5.91 Å². The van der Waals surface area contributed by atoms with Crippen molar-refractivity contribution in [1.29, 1.82) is 0 Å². The molecular formula is C29H55N10O4WY-3. The van der Waals surface area contributed by atoms with Crippen LogP contribution in [0.3, 0.4) is 0 Å². The molecule has 14 nitrogen and oxygen atoms in total. The number of nitrogens with zero attached hydrogens (tertiary/aromatic N) is 9. The standard InChI is InChI=1S/C6H9N3O2.C6H9NO.C5H9N3.C5H10N2O.C5H11N.2CH4.W.Y/c1-4(2)9-3-7-5(10)8-6(9)11;1-5(2)6-3-7-4-8-6;1-5(2)8-3-6-7-4-8;1-4(2)7-5(8)3-6;1-5(2)6(3)4;;;;/h3-4H,1-2H3,(H,8,10,11);2*3-5H,1-2H3;4H,3H2,1-2H3,(H,7,8);5H,3-4H2,1-2H3;2*1H4;;/q;;;;-2;;;;/p-1. The predicted molar refractivity (Wildman–Crippen MR) is 172 cm³/mol. The summed E-state index contributed by atoms with van der Waals surface area (Å²) in [5, 5.41) is 11.1. The fraction of sp³-hybridized carbons (Fsp3) is 0.621. The Morgan fingerprint density at radius 2 is 1.51 bits per heavy atom. The number of rotatable bonds is 7. The summed E-state index contributed by atoms with van der Waals surface area (Å²) < 4.78 is 12.0. The van der Waals surface area contributed by atoms with Gasteiger partial charge in [0.1, 0.15) is 24.7 Å². The van der Waals surface area contributed by atoms with Crippen LogP contribution in [0.5, 0.6) is 0 Å². The molecule has 0 saturated heterocycles. The Morgan fingerprint density at radius 3 is 1.78 bits per heavy atom. The molecule has 0 unspecified atom stereocenters. The van der Waals surface area contributed by atoms with Crippen molar-refractivity contribution in [3.8, 4) is 0 Å². The third-order valence-electron chi connectivity index (χ3n) is 4.69. The molecule has 257 valence electrons. The van der Waals surface area contributed by atoms with E-state index in [0.29, 0.717) is 18.0 Å². The van der Waals surface area contributed by atoms with Gasteiger partial charge in [0.05, 0.1) is 6.20 Å². The number of H-pyrrole nitrogens is 1. The number of aromatic nitrogens is 7. The van der Waals surface area contributed by atoms with Crippen LogP contribution < -0.4 is 11.4 Å². The summed E-state index contributed by atoms with van der Waals surface area (Å²) in [4.78, 5) is 43.0. The SMILES string of the molecule is C.C.CC(C)[N-]C(=O)C[N]=[W].CC(C)c1cnco1.CC(C)n1cnc(=O)[nH]c1=O.CC(C)n1cnnc1.[CH2-]N([CH2-])C(C)C.[Y]. The number of nitrogens with one attached hydrogen (secondary N) is 1. The quantitative estimate of drug-likeness (QED) is 0.291. The number of carbonyl (C=O) groups excluding carboxylic acids is 1. The maximum Gasteiger partial charge on any atom is 0.350 e. The number of aromatic amines is 1. The van der Waals surface area contributed by atoms with Gasteiger partial charge >= 0.3 is 77.0 Å². The van der Waals surface area contributed by atoms with E-state index >= 15 is 0 Å². The molecule has 0 aromatic carbocycles. The molecule has 0 aliphatic rings. The normalized spacial score (nSPS) is 9.56. The van der Waals surface area contributed by atoms with Crippen LogP contribution in [0.4, 0.5) is 0 Å². The average Bonchev–Trinajstić information content (AvgIpc) is 3.60. The van der Waals surface area contributed by atoms with E-state index in [0.717, 1.165) is 25.4 Å². The van der Waals surface area contributed by atoms with Gasteiger partial charge in [-0.3, -0.25) is 9.55 Å². The van der Waals surface area contributed by atoms with Crippen LogP contribution in [0, 0.1) is 14.1 Å². The number of hydrogen-bond acceptors (Lipinski definition) is 10. The summed E-state index contributed by atoms with van der Waals surface area (Å²) >= 11 is 1.08. The van der Waals surface area contributed by atoms with E-state index in [-0.39, 0.29) is 72.1 Å². The first-order chi connectivity index (χ1) is 19.5. The van der Waals surface area contributed by atoms with Crippen LogP contribution in [-0.2, 0) is 57.1 Å². The summed E-state index contributed by atoms with van der Waals surface area (Å²) in [5.74, 6) is 1.29. The zero-order valence-corrected chi connectivity index (χ0v) is 32.8. The smallest absolute Gasteiger partial charge is 0.350 e. The molecule has 3 heterocycles. The maximum atomic E-state index is 10.9. The molecular weight excluding hydrogens is 825 g/mol. The van der Waals surface area contributed by atoms with E-state index in [1.807, 2.05) is 46.1 Å². The van der Waals surface area contributed by atoms with E-state index in [9.17, 15) is 14.4 Å². The molecule has 0 atom stereocenters. The predicted octanol–water partition coefficient (Wildman–Crippen LogP) is 5.74. The topological polar surface area (TPSA) is 171 Å². The van der Waals surface area contributed by atoms with E-state index in [2.05, 4.69) is 75.8 Å². The van der Waals surface area contributed by atoms with Crippen molar-refractivity contribution in [2.75, 3.05) is 6.54 Å². The number of amides is 1. The van der Waals surface area contributed by atoms with E-state index in [1.165, 1.54) is 17.3 Å². The maximum absolute atomic E-state index is 10.9. The number of carbonyl (C=O) groups is 1. The molecule has 0 bridgehead atoms. The Bertz CT molecular complexity index is 1150. The molecule has 0 fully saturated rings. The third-order valence-corrected chi connectivity index (χ3v) is 5.15. The summed E-state index contributed by atoms with van der Waals surface area (Å²) in [6, 6.07) is 1.07. The molecule has 0 aliphatic heterocycles. The van der Waals surface area contributed by atoms with Crippen LogP contribution in [0.1, 0.15) is 108 Å². The van der Waals surface area contributed by atoms with Gasteiger partial charge in [0, 0.05) is 50.7 Å². The minimum atomic E-state index is -0.605. The second kappa shape index (κ2) is 30.6. The van der Waals surface area contributed by atoms with Crippen molar-refractivity contribution in [1.82, 2.24) is 39.2 Å². The Kier molecular flexibility index (Phi) is 35.7. The fourth-order valence-electron chi connectivity index (χ4n) is 2.09. The monoisotopic (exact) mass is 880 g/mol. The van der Waals surface area contributed by atoms with Gasteiger partial charge in [0.2, 0.25) is 0 Å². The van der Waals surface area contributed by atoms with Crippen molar-refractivity contribution in [2.45, 2.75) is 114 Å². The first-order valence-electron chi connectivity index (χ1n) is 13.4. The first-order valence-corrected chi connectivity index (χ1v) is 14.7. The minimum absolute atomic E-state index is 0. The molecule has 1 radical (unpaired) electrons. The Morgan fingerprint density at radius 1 is 1.00 bits per heavy atom. The molecule has 1 amide bonds. The summed E-state index contributed by atoms with van der Waals surface area (Å²) in [7, 11) is 7.12. The zero-order valence-electron chi connectivity index (χ0n) is 27.0. The van der Waals surface area contributed by atoms with Gasteiger partial charge in [-0.1, -0.05) is 42.5 Å². The molecule has 1 N–H and O–H groups in total. The first kappa shape index (κ1) is 52.5. The Balaban J connectivity index is -0.000000148. The molecule has 3 rings (SSSR count). The summed E-state index contributed by atoms with van der Waals surface area (Å²) in [5.41, 5.74) is -1.02. The van der Waals surface area contributed by atoms with Crippen molar-refractivity contribution in [3.05, 3.63) is 77.7 Å². The van der Waals surface area contributed by atoms with Crippen LogP contribution in [0.2, 0.25) is 0 Å². The van der Waals surface area contributed by atoms with E-state index in [1.54, 1.807) is 23.8 Å². The minimum Gasteiger partial charge on any atom is -0.608 e. The van der Waals surface area contributed by atoms with Crippen LogP contribution in [0.25, 0.3) is 5.32 Å². The molecule has 45 heavy (non-hydrogen) atoms. The van der Waals surface area contributed by atoms with Crippen molar-refractivity contribution in [2.24, 2.45) is 3.50 Å². The summed E-state index contributed by atoms with van der Waals surface area (Å²) in [6.07, 6.45) is 7.86. The summed E-state index contributed by atoms with van der Waals surface area (Å²) in [6.45, 7) is 20.1. The fourth-order valence-corrected chi connectivity index (χ4v) is 2.49. The molecule has 16 heteroatoms. The van der Waals surface area contributed by atoms with Gasteiger partial charge in [-0.2, -0.15) is 4.98 Å². The van der Waals surface area contributed by atoms with Gasteiger partial charge in [0.15, 0.2) is 6.39 Å². The van der Waals surface area contributed by atoms with Crippen molar-refractivity contribution < 1.29 is 61.6 Å². The van der Waals surface area contributed by atoms with E-state index < -0.39 is 11.4 Å². The van der Waals surface area contributed by atoms with Gasteiger partial charge < -0.3 is 28.0 Å². The molecule has 3 aromatic heterocycles. The Labute approximate surface area is 306 Å². The second-order valence-corrected chi connectivity index (χ2v) is 11.1. The number of oxazole rings is 1. The van der Waals surface area contributed by atoms with Crippen LogP contribution in [-0.4, -0.2) is 63.7 Å². The largest absolute Gasteiger partial charge is 0.608 e. The average molecular weight is 881 g/mol. The van der Waals surface area contributed by atoms with Gasteiger partial charge in [0.25, 0.3) is 0 Å². The third kappa shape index (κ3) is 29.1. The Hall–Kier alpha value is -2.02. The molecule has 0 aliphatic carbocycles. The molecule has 3 aromatic rings. The van der Waals surface area contributed by atoms with Gasteiger partial charge in [-0.15, -0.1) is 10.2 Å². The number of hydrogen-bond donors (Lipinski definition) is 1.